The minimum atomic E-state index is -0.444. The molecule has 0 saturated carbocycles. The predicted molar refractivity (Wildman–Crippen MR) is 165 cm³/mol. The van der Waals surface area contributed by atoms with Crippen LogP contribution >= 0.6 is 12.2 Å². The zero-order valence-electron chi connectivity index (χ0n) is 23.5. The number of piperidine rings is 1. The van der Waals surface area contributed by atoms with Gasteiger partial charge >= 0.3 is 0 Å². The van der Waals surface area contributed by atoms with E-state index >= 15 is 0 Å². The van der Waals surface area contributed by atoms with E-state index in [-0.39, 0.29) is 22.4 Å². The van der Waals surface area contributed by atoms with E-state index in [0.717, 1.165) is 59.9 Å². The van der Waals surface area contributed by atoms with E-state index in [1.165, 1.54) is 9.24 Å². The van der Waals surface area contributed by atoms with Crippen LogP contribution < -0.4 is 31.9 Å². The fraction of sp³-hybridized carbons (Fsp3) is 0.323. The van der Waals surface area contributed by atoms with Crippen LogP contribution in [0.1, 0.15) is 34.3 Å². The van der Waals surface area contributed by atoms with Crippen LogP contribution in [0.25, 0.3) is 10.9 Å². The summed E-state index contributed by atoms with van der Waals surface area (Å²) in [6.07, 6.45) is 2.44. The van der Waals surface area contributed by atoms with Crippen molar-refractivity contribution in [3.05, 3.63) is 92.5 Å². The van der Waals surface area contributed by atoms with Crippen LogP contribution in [-0.2, 0) is 22.4 Å². The Labute approximate surface area is 252 Å². The molecule has 2 fully saturated rings. The topological polar surface area (TPSA) is 130 Å². The van der Waals surface area contributed by atoms with Crippen LogP contribution in [-0.4, -0.2) is 53.8 Å². The number of nitrogens with two attached hydrogens (primary N) is 2. The van der Waals surface area contributed by atoms with Crippen LogP contribution in [0, 0.1) is 4.77 Å². The summed E-state index contributed by atoms with van der Waals surface area (Å²) in [5.74, 6) is 12.6. The second-order valence-corrected chi connectivity index (χ2v) is 11.5. The summed E-state index contributed by atoms with van der Waals surface area (Å²) in [5, 5.41) is 1.44. The number of hydrazine groups is 1. The highest BCUT2D eigenvalue weighted by Crippen LogP contribution is 2.34. The highest BCUT2D eigenvalue weighted by Gasteiger charge is 2.39. The van der Waals surface area contributed by atoms with Crippen LogP contribution in [0.15, 0.2) is 65.5 Å². The zero-order valence-corrected chi connectivity index (χ0v) is 24.3. The fourth-order valence-electron chi connectivity index (χ4n) is 6.14. The minimum absolute atomic E-state index is 0.147. The first-order valence-electron chi connectivity index (χ1n) is 14.3. The maximum Gasteiger partial charge on any atom is 0.272 e. The van der Waals surface area contributed by atoms with Gasteiger partial charge in [-0.15, -0.1) is 0 Å². The third-order valence-electron chi connectivity index (χ3n) is 8.56. The molecule has 0 unspecified atom stereocenters. The summed E-state index contributed by atoms with van der Waals surface area (Å²) in [7, 11) is 0. The lowest BCUT2D eigenvalue weighted by atomic mass is 10.0. The monoisotopic (exact) mass is 600 g/mol. The molecule has 3 aliphatic rings. The van der Waals surface area contributed by atoms with Gasteiger partial charge in [0.15, 0.2) is 5.79 Å². The lowest BCUT2D eigenvalue weighted by molar-refractivity contribution is -0.169. The molecule has 11 nitrogen and oxygen atoms in total. The third-order valence-corrected chi connectivity index (χ3v) is 8.98. The van der Waals surface area contributed by atoms with Gasteiger partial charge in [-0.25, -0.2) is 15.5 Å². The maximum atomic E-state index is 13.5. The summed E-state index contributed by atoms with van der Waals surface area (Å²) in [6.45, 7) is 3.85. The van der Waals surface area contributed by atoms with E-state index in [4.69, 9.17) is 38.1 Å². The number of carbonyl (C=O) groups is 1. The maximum absolute atomic E-state index is 13.5. The molecular weight excluding hydrogens is 568 g/mol. The molecule has 7 rings (SSSR count). The molecular formula is C31H32N6O5S. The van der Waals surface area contributed by atoms with E-state index in [0.29, 0.717) is 36.4 Å². The molecule has 0 bridgehead atoms. The van der Waals surface area contributed by atoms with Gasteiger partial charge in [0, 0.05) is 43.6 Å². The molecule has 1 aromatic heterocycles. The van der Waals surface area contributed by atoms with E-state index < -0.39 is 11.7 Å². The molecule has 3 aliphatic heterocycles. The first-order valence-corrected chi connectivity index (χ1v) is 14.7. The number of carbonyl (C=O) groups excluding carboxylic acids is 1. The van der Waals surface area contributed by atoms with Crippen molar-refractivity contribution in [3.8, 4) is 5.75 Å². The number of rotatable bonds is 5. The summed E-state index contributed by atoms with van der Waals surface area (Å²) >= 11 is 5.58. The fourth-order valence-corrected chi connectivity index (χ4v) is 6.39. The molecule has 12 heteroatoms. The van der Waals surface area contributed by atoms with Crippen LogP contribution in [0.3, 0.4) is 0 Å². The predicted octanol–water partition coefficient (Wildman–Crippen LogP) is 3.09. The Morgan fingerprint density at radius 2 is 1.72 bits per heavy atom. The van der Waals surface area contributed by atoms with Crippen molar-refractivity contribution in [3.63, 3.8) is 0 Å². The second kappa shape index (κ2) is 10.8. The molecule has 2 saturated heterocycles. The van der Waals surface area contributed by atoms with Gasteiger partial charge < -0.3 is 25.0 Å². The lowest BCUT2D eigenvalue weighted by Gasteiger charge is -2.38. The molecule has 222 valence electrons. The van der Waals surface area contributed by atoms with Gasteiger partial charge in [0.05, 0.1) is 43.0 Å². The first-order chi connectivity index (χ1) is 20.8. The molecule has 4 heterocycles. The van der Waals surface area contributed by atoms with E-state index in [1.54, 1.807) is 18.2 Å². The van der Waals surface area contributed by atoms with Crippen molar-refractivity contribution in [2.45, 2.75) is 31.6 Å². The average molecular weight is 601 g/mol. The third kappa shape index (κ3) is 4.95. The number of nitrogens with zero attached hydrogens (tertiary/aromatic N) is 4. The molecule has 4 aromatic rings. The van der Waals surface area contributed by atoms with E-state index in [9.17, 15) is 9.59 Å². The van der Waals surface area contributed by atoms with E-state index in [2.05, 4.69) is 4.90 Å². The Morgan fingerprint density at radius 1 is 0.977 bits per heavy atom. The molecule has 0 aliphatic carbocycles. The molecule has 43 heavy (non-hydrogen) atoms. The number of hydrogen-bond acceptors (Lipinski definition) is 9. The number of anilines is 2. The highest BCUT2D eigenvalue weighted by atomic mass is 32.1. The van der Waals surface area contributed by atoms with Crippen molar-refractivity contribution in [2.75, 3.05) is 48.7 Å². The van der Waals surface area contributed by atoms with Gasteiger partial charge in [-0.2, -0.15) is 0 Å². The van der Waals surface area contributed by atoms with Crippen molar-refractivity contribution >= 4 is 40.4 Å². The normalized spacial score (nSPS) is 17.3. The van der Waals surface area contributed by atoms with Gasteiger partial charge in [-0.05, 0) is 71.9 Å². The van der Waals surface area contributed by atoms with Crippen molar-refractivity contribution < 1.29 is 19.0 Å². The number of hydrogen-bond donors (Lipinski definition) is 2. The summed E-state index contributed by atoms with van der Waals surface area (Å²) < 4.78 is 20.1. The summed E-state index contributed by atoms with van der Waals surface area (Å²) in [6, 6.07) is 18.1. The SMILES string of the molecule is NN(C(=O)c1ccc2c(=O)n(Cc3ccc4c(c3)CCO4)c(=S)n(N)c2c1)c1ccc(N2CCC3(CC2)OCCO3)cc1. The number of benzene rings is 3. The Hall–Kier alpha value is -4.23. The van der Waals surface area contributed by atoms with E-state index in [1.807, 2.05) is 42.5 Å². The van der Waals surface area contributed by atoms with Crippen molar-refractivity contribution in [2.24, 2.45) is 5.84 Å². The number of ether oxygens (including phenoxy) is 3. The average Bonchev–Trinajstić information content (AvgIpc) is 3.71. The molecule has 0 radical (unpaired) electrons. The quantitative estimate of drug-likeness (QED) is 0.154. The Balaban J connectivity index is 1.10. The second-order valence-electron chi connectivity index (χ2n) is 11.1. The van der Waals surface area contributed by atoms with Crippen molar-refractivity contribution in [1.82, 2.24) is 9.24 Å². The highest BCUT2D eigenvalue weighted by molar-refractivity contribution is 7.71. The van der Waals surface area contributed by atoms with Gasteiger partial charge in [-0.3, -0.25) is 14.2 Å². The lowest BCUT2D eigenvalue weighted by Crippen LogP contribution is -2.45. The standard InChI is InChI=1S/C31H32N6O5S/c32-36(24-5-3-23(4-6-24)34-12-10-31(11-13-34)41-15-16-42-31)28(38)22-2-7-25-26(18-22)37(33)30(43)35(29(25)39)19-20-1-8-27-21(17-20)9-14-40-27/h1-8,17-18H,9-16,19,32-33H2. The number of aromatic nitrogens is 2. The van der Waals surface area contributed by atoms with Crippen LogP contribution in [0.5, 0.6) is 5.75 Å². The molecule has 0 atom stereocenters. The van der Waals surface area contributed by atoms with Gasteiger partial charge in [0.2, 0.25) is 4.77 Å². The van der Waals surface area contributed by atoms with Crippen molar-refractivity contribution in [1.29, 1.82) is 0 Å². The largest absolute Gasteiger partial charge is 0.493 e. The number of nitrogen functional groups attached to an aromatic ring is 1. The van der Waals surface area contributed by atoms with Gasteiger partial charge in [0.1, 0.15) is 5.75 Å². The Morgan fingerprint density at radius 3 is 2.47 bits per heavy atom. The van der Waals surface area contributed by atoms with Crippen LogP contribution in [0.2, 0.25) is 0 Å². The minimum Gasteiger partial charge on any atom is -0.493 e. The molecule has 3 aromatic carbocycles. The first kappa shape index (κ1) is 27.6. The van der Waals surface area contributed by atoms with Crippen LogP contribution in [0.4, 0.5) is 11.4 Å². The number of amides is 1. The van der Waals surface area contributed by atoms with Gasteiger partial charge in [-0.1, -0.05) is 12.1 Å². The molecule has 1 spiro atoms. The summed E-state index contributed by atoms with van der Waals surface area (Å²) in [4.78, 5) is 29.1. The summed E-state index contributed by atoms with van der Waals surface area (Å²) in [5.41, 5.74) is 3.94. The smallest absolute Gasteiger partial charge is 0.272 e. The molecule has 1 amide bonds. The molecule has 4 N–H and O–H groups in total. The Kier molecular flexibility index (Phi) is 6.93. The van der Waals surface area contributed by atoms with Gasteiger partial charge in [0.25, 0.3) is 11.5 Å². The Bertz CT molecular complexity index is 1840. The number of fused-ring (bicyclic) bond motifs is 2. The zero-order chi connectivity index (χ0) is 29.7.